The number of halogens is 1. The standard InChI is InChI=1S/C15H24BrNO/c1-4-17-11-13-10-14(7-8-15(13)16)18-9-5-6-12(2)3/h7-8,10,12,17H,4-6,9,11H2,1-3H3. The van der Waals surface area contributed by atoms with E-state index in [1.54, 1.807) is 0 Å². The minimum atomic E-state index is 0.753. The summed E-state index contributed by atoms with van der Waals surface area (Å²) >= 11 is 3.57. The average Bonchev–Trinajstić information content (AvgIpc) is 2.34. The third-order valence-corrected chi connectivity index (χ3v) is 3.55. The zero-order valence-corrected chi connectivity index (χ0v) is 13.2. The van der Waals surface area contributed by atoms with Crippen LogP contribution >= 0.6 is 15.9 Å². The lowest BCUT2D eigenvalue weighted by Gasteiger charge is -2.11. The van der Waals surface area contributed by atoms with E-state index < -0.39 is 0 Å². The molecule has 2 nitrogen and oxygen atoms in total. The largest absolute Gasteiger partial charge is 0.494 e. The van der Waals surface area contributed by atoms with Crippen molar-refractivity contribution in [1.29, 1.82) is 0 Å². The van der Waals surface area contributed by atoms with Gasteiger partial charge in [-0.2, -0.15) is 0 Å². The molecule has 102 valence electrons. The molecule has 18 heavy (non-hydrogen) atoms. The zero-order chi connectivity index (χ0) is 13.4. The number of ether oxygens (including phenoxy) is 1. The first-order valence-corrected chi connectivity index (χ1v) is 7.54. The van der Waals surface area contributed by atoms with Crippen molar-refractivity contribution >= 4 is 15.9 Å². The molecule has 0 aliphatic rings. The third kappa shape index (κ3) is 5.87. The van der Waals surface area contributed by atoms with Crippen LogP contribution in [-0.4, -0.2) is 13.2 Å². The quantitative estimate of drug-likeness (QED) is 0.719. The van der Waals surface area contributed by atoms with Gasteiger partial charge in [0, 0.05) is 11.0 Å². The van der Waals surface area contributed by atoms with Crippen LogP contribution in [0.2, 0.25) is 0 Å². The second-order valence-corrected chi connectivity index (χ2v) is 5.77. The Morgan fingerprint density at radius 2 is 2.11 bits per heavy atom. The molecule has 0 amide bonds. The van der Waals surface area contributed by atoms with Gasteiger partial charge >= 0.3 is 0 Å². The SMILES string of the molecule is CCNCc1cc(OCCCC(C)C)ccc1Br. The van der Waals surface area contributed by atoms with Crippen molar-refractivity contribution in [2.45, 2.75) is 40.2 Å². The Morgan fingerprint density at radius 3 is 2.78 bits per heavy atom. The first-order valence-electron chi connectivity index (χ1n) is 6.75. The summed E-state index contributed by atoms with van der Waals surface area (Å²) in [6, 6.07) is 6.20. The molecule has 0 spiro atoms. The van der Waals surface area contributed by atoms with Crippen LogP contribution in [0.3, 0.4) is 0 Å². The fourth-order valence-corrected chi connectivity index (χ4v) is 2.10. The van der Waals surface area contributed by atoms with Crippen molar-refractivity contribution in [3.8, 4) is 5.75 Å². The van der Waals surface area contributed by atoms with Gasteiger partial charge in [-0.1, -0.05) is 36.7 Å². The molecule has 1 aromatic carbocycles. The number of benzene rings is 1. The molecular formula is C15H24BrNO. The fourth-order valence-electron chi connectivity index (χ4n) is 1.72. The normalized spacial score (nSPS) is 10.9. The summed E-state index contributed by atoms with van der Waals surface area (Å²) < 4.78 is 6.92. The molecule has 3 heteroatoms. The fraction of sp³-hybridized carbons (Fsp3) is 0.600. The van der Waals surface area contributed by atoms with Gasteiger partial charge in [0.1, 0.15) is 5.75 Å². The van der Waals surface area contributed by atoms with Crippen LogP contribution < -0.4 is 10.1 Å². The van der Waals surface area contributed by atoms with E-state index >= 15 is 0 Å². The lowest BCUT2D eigenvalue weighted by atomic mass is 10.1. The first-order chi connectivity index (χ1) is 8.63. The molecule has 1 rings (SSSR count). The van der Waals surface area contributed by atoms with Gasteiger partial charge in [-0.05, 0) is 49.1 Å². The van der Waals surface area contributed by atoms with Crippen LogP contribution in [0.1, 0.15) is 39.2 Å². The maximum atomic E-state index is 5.78. The summed E-state index contributed by atoms with van der Waals surface area (Å²) in [5.74, 6) is 1.72. The van der Waals surface area contributed by atoms with Crippen LogP contribution in [0.5, 0.6) is 5.75 Å². The van der Waals surface area contributed by atoms with Gasteiger partial charge in [0.2, 0.25) is 0 Å². The van der Waals surface area contributed by atoms with Crippen molar-refractivity contribution in [2.75, 3.05) is 13.2 Å². The summed E-state index contributed by atoms with van der Waals surface area (Å²) in [4.78, 5) is 0. The van der Waals surface area contributed by atoms with E-state index in [9.17, 15) is 0 Å². The second-order valence-electron chi connectivity index (χ2n) is 4.92. The smallest absolute Gasteiger partial charge is 0.119 e. The molecule has 0 radical (unpaired) electrons. The summed E-state index contributed by atoms with van der Waals surface area (Å²) in [5, 5.41) is 3.33. The molecule has 0 aliphatic carbocycles. The lowest BCUT2D eigenvalue weighted by Crippen LogP contribution is -2.12. The van der Waals surface area contributed by atoms with E-state index in [1.165, 1.54) is 12.0 Å². The number of rotatable bonds is 8. The van der Waals surface area contributed by atoms with Gasteiger partial charge in [-0.15, -0.1) is 0 Å². The van der Waals surface area contributed by atoms with Gasteiger partial charge in [-0.3, -0.25) is 0 Å². The highest BCUT2D eigenvalue weighted by atomic mass is 79.9. The van der Waals surface area contributed by atoms with E-state index in [2.05, 4.69) is 54.2 Å². The predicted octanol–water partition coefficient (Wildman–Crippen LogP) is 4.37. The van der Waals surface area contributed by atoms with Crippen molar-refractivity contribution in [3.63, 3.8) is 0 Å². The van der Waals surface area contributed by atoms with Crippen molar-refractivity contribution in [2.24, 2.45) is 5.92 Å². The van der Waals surface area contributed by atoms with E-state index in [4.69, 9.17) is 4.74 Å². The minimum Gasteiger partial charge on any atom is -0.494 e. The van der Waals surface area contributed by atoms with Crippen LogP contribution in [0.15, 0.2) is 22.7 Å². The highest BCUT2D eigenvalue weighted by Gasteiger charge is 2.02. The number of hydrogen-bond donors (Lipinski definition) is 1. The molecular weight excluding hydrogens is 290 g/mol. The maximum Gasteiger partial charge on any atom is 0.119 e. The Morgan fingerprint density at radius 1 is 1.33 bits per heavy atom. The molecule has 0 aromatic heterocycles. The van der Waals surface area contributed by atoms with Crippen LogP contribution in [0, 0.1) is 5.92 Å². The van der Waals surface area contributed by atoms with Gasteiger partial charge < -0.3 is 10.1 Å². The van der Waals surface area contributed by atoms with Crippen LogP contribution in [-0.2, 0) is 6.54 Å². The van der Waals surface area contributed by atoms with Gasteiger partial charge in [0.25, 0.3) is 0 Å². The van der Waals surface area contributed by atoms with Crippen molar-refractivity contribution in [3.05, 3.63) is 28.2 Å². The Balaban J connectivity index is 2.45. The number of nitrogens with one attached hydrogen (secondary N) is 1. The average molecular weight is 314 g/mol. The van der Waals surface area contributed by atoms with Crippen molar-refractivity contribution < 1.29 is 4.74 Å². The van der Waals surface area contributed by atoms with Crippen LogP contribution in [0.25, 0.3) is 0 Å². The predicted molar refractivity (Wildman–Crippen MR) is 81.1 cm³/mol. The zero-order valence-electron chi connectivity index (χ0n) is 11.6. The Hall–Kier alpha value is -0.540. The molecule has 0 aliphatic heterocycles. The molecule has 0 bridgehead atoms. The third-order valence-electron chi connectivity index (χ3n) is 2.78. The maximum absolute atomic E-state index is 5.78. The molecule has 0 saturated heterocycles. The summed E-state index contributed by atoms with van der Waals surface area (Å²) in [6.07, 6.45) is 2.34. The summed E-state index contributed by atoms with van der Waals surface area (Å²) in [5.41, 5.74) is 1.25. The lowest BCUT2D eigenvalue weighted by molar-refractivity contribution is 0.297. The highest BCUT2D eigenvalue weighted by Crippen LogP contribution is 2.22. The molecule has 0 unspecified atom stereocenters. The molecule has 0 fully saturated rings. The molecule has 1 aromatic rings. The Labute approximate surface area is 119 Å². The highest BCUT2D eigenvalue weighted by molar-refractivity contribution is 9.10. The summed E-state index contributed by atoms with van der Waals surface area (Å²) in [7, 11) is 0. The minimum absolute atomic E-state index is 0.753. The summed E-state index contributed by atoms with van der Waals surface area (Å²) in [6.45, 7) is 9.26. The van der Waals surface area contributed by atoms with Gasteiger partial charge in [0.15, 0.2) is 0 Å². The Kier molecular flexibility index (Phi) is 7.36. The molecule has 0 atom stereocenters. The molecule has 0 saturated carbocycles. The Bertz CT molecular complexity index is 352. The topological polar surface area (TPSA) is 21.3 Å². The molecule has 1 N–H and O–H groups in total. The van der Waals surface area contributed by atoms with E-state index in [-0.39, 0.29) is 0 Å². The second kappa shape index (κ2) is 8.54. The van der Waals surface area contributed by atoms with E-state index in [0.717, 1.165) is 42.3 Å². The first kappa shape index (κ1) is 15.5. The van der Waals surface area contributed by atoms with Crippen LogP contribution in [0.4, 0.5) is 0 Å². The number of hydrogen-bond acceptors (Lipinski definition) is 2. The molecule has 0 heterocycles. The van der Waals surface area contributed by atoms with E-state index in [1.807, 2.05) is 6.07 Å². The van der Waals surface area contributed by atoms with E-state index in [0.29, 0.717) is 0 Å². The van der Waals surface area contributed by atoms with Gasteiger partial charge in [-0.25, -0.2) is 0 Å². The van der Waals surface area contributed by atoms with Crippen molar-refractivity contribution in [1.82, 2.24) is 5.32 Å². The van der Waals surface area contributed by atoms with Gasteiger partial charge in [0.05, 0.1) is 6.61 Å². The monoisotopic (exact) mass is 313 g/mol.